The van der Waals surface area contributed by atoms with Crippen LogP contribution in [0.15, 0.2) is 71.5 Å². The van der Waals surface area contributed by atoms with E-state index in [1.807, 2.05) is 0 Å². The van der Waals surface area contributed by atoms with E-state index in [9.17, 15) is 23.2 Å². The summed E-state index contributed by atoms with van der Waals surface area (Å²) in [4.78, 5) is 41.5. The van der Waals surface area contributed by atoms with E-state index in [-0.39, 0.29) is 16.8 Å². The minimum Gasteiger partial charge on any atom is -0.452 e. The van der Waals surface area contributed by atoms with Crippen molar-refractivity contribution >= 4 is 28.5 Å². The summed E-state index contributed by atoms with van der Waals surface area (Å²) in [5, 5.41) is 2.67. The summed E-state index contributed by atoms with van der Waals surface area (Å²) in [6, 6.07) is 15.7. The highest BCUT2D eigenvalue weighted by molar-refractivity contribution is 5.95. The number of hydrogen-bond donors (Lipinski definition) is 1. The molecular formula is C24H17F2N3O4. The Balaban J connectivity index is 1.45. The average Bonchev–Trinajstić information content (AvgIpc) is 2.80. The van der Waals surface area contributed by atoms with Crippen molar-refractivity contribution in [3.05, 3.63) is 100 Å². The lowest BCUT2D eigenvalue weighted by Crippen LogP contribution is -2.23. The number of ether oxygens (including phenoxy) is 1. The van der Waals surface area contributed by atoms with E-state index in [1.165, 1.54) is 16.7 Å². The molecule has 33 heavy (non-hydrogen) atoms. The molecule has 166 valence electrons. The molecule has 0 aliphatic rings. The summed E-state index contributed by atoms with van der Waals surface area (Å²) in [7, 11) is 0. The van der Waals surface area contributed by atoms with Crippen molar-refractivity contribution in [1.82, 2.24) is 9.55 Å². The molecule has 0 aliphatic carbocycles. The summed E-state index contributed by atoms with van der Waals surface area (Å²) in [5.74, 6) is -2.80. The molecule has 0 atom stereocenters. The number of anilines is 1. The maximum atomic E-state index is 13.6. The molecule has 1 N–H and O–H groups in total. The van der Waals surface area contributed by atoms with Gasteiger partial charge in [-0.2, -0.15) is 0 Å². The summed E-state index contributed by atoms with van der Waals surface area (Å²) in [6.07, 6.45) is 0. The number of nitrogens with one attached hydrogen (secondary N) is 1. The van der Waals surface area contributed by atoms with Crippen molar-refractivity contribution in [3.8, 4) is 5.69 Å². The van der Waals surface area contributed by atoms with Crippen LogP contribution in [-0.4, -0.2) is 28.0 Å². The SMILES string of the molecule is Cc1nc2ccccc2c(=O)n1-c1ccc(C(=O)OCC(=O)Nc2ccc(F)cc2F)cc1. The molecule has 0 fully saturated rings. The van der Waals surface area contributed by atoms with Gasteiger partial charge in [-0.3, -0.25) is 14.2 Å². The Hall–Kier alpha value is -4.40. The Bertz CT molecular complexity index is 1430. The van der Waals surface area contributed by atoms with E-state index in [0.29, 0.717) is 28.5 Å². The third-order valence-corrected chi connectivity index (χ3v) is 4.84. The van der Waals surface area contributed by atoms with Gasteiger partial charge in [-0.25, -0.2) is 18.6 Å². The number of para-hydroxylation sites is 1. The average molecular weight is 449 g/mol. The van der Waals surface area contributed by atoms with Gasteiger partial charge in [0.2, 0.25) is 0 Å². The number of fused-ring (bicyclic) bond motifs is 1. The number of esters is 1. The van der Waals surface area contributed by atoms with Crippen LogP contribution in [0.4, 0.5) is 14.5 Å². The molecule has 3 aromatic carbocycles. The monoisotopic (exact) mass is 449 g/mol. The van der Waals surface area contributed by atoms with Gasteiger partial charge < -0.3 is 10.1 Å². The molecule has 0 spiro atoms. The Kier molecular flexibility index (Phi) is 5.95. The van der Waals surface area contributed by atoms with Gasteiger partial charge in [0.15, 0.2) is 6.61 Å². The molecule has 7 nitrogen and oxygen atoms in total. The number of hydrogen-bond acceptors (Lipinski definition) is 5. The van der Waals surface area contributed by atoms with Crippen LogP contribution in [0, 0.1) is 18.6 Å². The first-order valence-electron chi connectivity index (χ1n) is 9.84. The fourth-order valence-electron chi connectivity index (χ4n) is 3.29. The molecule has 0 radical (unpaired) electrons. The second-order valence-corrected chi connectivity index (χ2v) is 7.11. The molecule has 4 aromatic rings. The van der Waals surface area contributed by atoms with Gasteiger partial charge in [0, 0.05) is 6.07 Å². The van der Waals surface area contributed by atoms with Gasteiger partial charge in [-0.05, 0) is 55.5 Å². The molecule has 0 unspecified atom stereocenters. The van der Waals surface area contributed by atoms with E-state index in [4.69, 9.17) is 4.74 Å². The number of carbonyl (C=O) groups is 2. The third kappa shape index (κ3) is 4.62. The predicted molar refractivity (Wildman–Crippen MR) is 117 cm³/mol. The highest BCUT2D eigenvalue weighted by atomic mass is 19.1. The van der Waals surface area contributed by atoms with Crippen molar-refractivity contribution in [2.45, 2.75) is 6.92 Å². The van der Waals surface area contributed by atoms with Gasteiger partial charge in [-0.15, -0.1) is 0 Å². The quantitative estimate of drug-likeness (QED) is 0.469. The Morgan fingerprint density at radius 2 is 1.76 bits per heavy atom. The lowest BCUT2D eigenvalue weighted by molar-refractivity contribution is -0.119. The molecule has 0 saturated carbocycles. The summed E-state index contributed by atoms with van der Waals surface area (Å²) < 4.78 is 32.9. The van der Waals surface area contributed by atoms with Crippen molar-refractivity contribution in [1.29, 1.82) is 0 Å². The molecule has 4 rings (SSSR count). The van der Waals surface area contributed by atoms with E-state index < -0.39 is 30.1 Å². The van der Waals surface area contributed by atoms with Gasteiger partial charge >= 0.3 is 5.97 Å². The highest BCUT2D eigenvalue weighted by Gasteiger charge is 2.14. The Morgan fingerprint density at radius 3 is 2.48 bits per heavy atom. The standard InChI is InChI=1S/C24H17F2N3O4/c1-14-27-20-5-3-2-4-18(20)23(31)29(14)17-9-6-15(7-10-17)24(32)33-13-22(30)28-21-11-8-16(25)12-19(21)26/h2-12H,13H2,1H3,(H,28,30). The molecule has 0 saturated heterocycles. The summed E-state index contributed by atoms with van der Waals surface area (Å²) >= 11 is 0. The number of aryl methyl sites for hydroxylation is 1. The number of aromatic nitrogens is 2. The topological polar surface area (TPSA) is 90.3 Å². The first-order chi connectivity index (χ1) is 15.8. The molecular weight excluding hydrogens is 432 g/mol. The molecule has 1 aromatic heterocycles. The van der Waals surface area contributed by atoms with Crippen LogP contribution in [0.5, 0.6) is 0 Å². The van der Waals surface area contributed by atoms with Crippen LogP contribution in [-0.2, 0) is 9.53 Å². The Morgan fingerprint density at radius 1 is 1.03 bits per heavy atom. The maximum absolute atomic E-state index is 13.6. The zero-order valence-electron chi connectivity index (χ0n) is 17.3. The van der Waals surface area contributed by atoms with Crippen LogP contribution in [0.1, 0.15) is 16.2 Å². The fourth-order valence-corrected chi connectivity index (χ4v) is 3.29. The van der Waals surface area contributed by atoms with Crippen LogP contribution >= 0.6 is 0 Å². The van der Waals surface area contributed by atoms with E-state index >= 15 is 0 Å². The first kappa shape index (κ1) is 21.8. The number of rotatable bonds is 5. The largest absolute Gasteiger partial charge is 0.452 e. The highest BCUT2D eigenvalue weighted by Crippen LogP contribution is 2.16. The predicted octanol–water partition coefficient (Wildman–Crippen LogP) is 3.77. The number of halogens is 2. The Labute approximate surface area is 186 Å². The summed E-state index contributed by atoms with van der Waals surface area (Å²) in [6.45, 7) is 1.04. The van der Waals surface area contributed by atoms with Crippen molar-refractivity contribution in [2.24, 2.45) is 0 Å². The van der Waals surface area contributed by atoms with E-state index in [1.54, 1.807) is 43.3 Å². The first-order valence-corrected chi connectivity index (χ1v) is 9.84. The van der Waals surface area contributed by atoms with E-state index in [2.05, 4.69) is 10.3 Å². The zero-order valence-corrected chi connectivity index (χ0v) is 17.3. The fraction of sp³-hybridized carbons (Fsp3) is 0.0833. The maximum Gasteiger partial charge on any atom is 0.338 e. The third-order valence-electron chi connectivity index (χ3n) is 4.84. The molecule has 9 heteroatoms. The van der Waals surface area contributed by atoms with Gasteiger partial charge in [-0.1, -0.05) is 12.1 Å². The van der Waals surface area contributed by atoms with E-state index in [0.717, 1.165) is 12.1 Å². The van der Waals surface area contributed by atoms with Crippen molar-refractivity contribution in [3.63, 3.8) is 0 Å². The molecule has 1 heterocycles. The number of carbonyl (C=O) groups excluding carboxylic acids is 2. The normalized spacial score (nSPS) is 10.8. The van der Waals surface area contributed by atoms with Crippen molar-refractivity contribution in [2.75, 3.05) is 11.9 Å². The minimum absolute atomic E-state index is 0.152. The lowest BCUT2D eigenvalue weighted by Gasteiger charge is -2.11. The molecule has 0 aliphatic heterocycles. The van der Waals surface area contributed by atoms with Crippen molar-refractivity contribution < 1.29 is 23.1 Å². The minimum atomic E-state index is -0.945. The molecule has 1 amide bonds. The zero-order chi connectivity index (χ0) is 23.5. The lowest BCUT2D eigenvalue weighted by atomic mass is 10.2. The van der Waals surface area contributed by atoms with Crippen LogP contribution in [0.3, 0.4) is 0 Å². The van der Waals surface area contributed by atoms with Gasteiger partial charge in [0.1, 0.15) is 17.5 Å². The second-order valence-electron chi connectivity index (χ2n) is 7.11. The number of benzene rings is 3. The van der Waals surface area contributed by atoms with Gasteiger partial charge in [0.05, 0.1) is 27.8 Å². The number of amides is 1. The van der Waals surface area contributed by atoms with Crippen LogP contribution in [0.2, 0.25) is 0 Å². The van der Waals surface area contributed by atoms with Crippen LogP contribution < -0.4 is 10.9 Å². The summed E-state index contributed by atoms with van der Waals surface area (Å²) in [5.41, 5.74) is 0.788. The molecule has 0 bridgehead atoms. The van der Waals surface area contributed by atoms with Gasteiger partial charge in [0.25, 0.3) is 11.5 Å². The van der Waals surface area contributed by atoms with Crippen LogP contribution in [0.25, 0.3) is 16.6 Å². The number of nitrogens with zero attached hydrogens (tertiary/aromatic N) is 2. The second kappa shape index (κ2) is 8.99. The smallest absolute Gasteiger partial charge is 0.338 e.